The Balaban J connectivity index is 1.66. The van der Waals surface area contributed by atoms with Crippen molar-refractivity contribution in [3.63, 3.8) is 0 Å². The molecule has 0 aromatic heterocycles. The minimum atomic E-state index is -0.366. The topological polar surface area (TPSA) is 32.3 Å². The van der Waals surface area contributed by atoms with Gasteiger partial charge in [-0.1, -0.05) is 42.5 Å². The highest BCUT2D eigenvalue weighted by Gasteiger charge is 2.18. The lowest BCUT2D eigenvalue weighted by molar-refractivity contribution is -0.120. The van der Waals surface area contributed by atoms with E-state index < -0.39 is 0 Å². The molecule has 3 nitrogen and oxygen atoms in total. The Morgan fingerprint density at radius 3 is 2.56 bits per heavy atom. The van der Waals surface area contributed by atoms with Crippen LogP contribution in [0.4, 0.5) is 10.1 Å². The van der Waals surface area contributed by atoms with Gasteiger partial charge in [0.2, 0.25) is 5.91 Å². The molecule has 1 N–H and O–H groups in total. The van der Waals surface area contributed by atoms with Gasteiger partial charge in [-0.25, -0.2) is 4.39 Å². The SMILES string of the molecule is CC(C(=O)Nc1cccc(F)c1)N(C)Cc1ccc2ccccc2c1. The van der Waals surface area contributed by atoms with E-state index in [9.17, 15) is 9.18 Å². The molecule has 0 aliphatic carbocycles. The second kappa shape index (κ2) is 7.45. The molecule has 0 bridgehead atoms. The molecule has 4 heteroatoms. The van der Waals surface area contributed by atoms with Gasteiger partial charge in [0.1, 0.15) is 5.82 Å². The van der Waals surface area contributed by atoms with E-state index in [1.807, 2.05) is 31.0 Å². The summed E-state index contributed by atoms with van der Waals surface area (Å²) in [5.74, 6) is -0.524. The molecule has 1 unspecified atom stereocenters. The smallest absolute Gasteiger partial charge is 0.241 e. The summed E-state index contributed by atoms with van der Waals surface area (Å²) in [6.07, 6.45) is 0. The second-order valence-electron chi connectivity index (χ2n) is 6.27. The summed E-state index contributed by atoms with van der Waals surface area (Å²) in [5, 5.41) is 5.14. The Morgan fingerprint density at radius 2 is 1.80 bits per heavy atom. The number of halogens is 1. The first kappa shape index (κ1) is 17.1. The van der Waals surface area contributed by atoms with E-state index in [1.165, 1.54) is 22.9 Å². The third-order valence-electron chi connectivity index (χ3n) is 4.38. The number of nitrogens with zero attached hydrogens (tertiary/aromatic N) is 1. The molecule has 1 atom stereocenters. The van der Waals surface area contributed by atoms with Crippen molar-refractivity contribution in [2.24, 2.45) is 0 Å². The van der Waals surface area contributed by atoms with Crippen molar-refractivity contribution in [1.29, 1.82) is 0 Å². The van der Waals surface area contributed by atoms with Crippen LogP contribution in [0.15, 0.2) is 66.7 Å². The lowest BCUT2D eigenvalue weighted by Gasteiger charge is -2.24. The molecule has 0 aliphatic heterocycles. The Morgan fingerprint density at radius 1 is 1.04 bits per heavy atom. The average Bonchev–Trinajstić information content (AvgIpc) is 2.61. The molecule has 3 aromatic rings. The van der Waals surface area contributed by atoms with E-state index in [1.54, 1.807) is 12.1 Å². The first-order chi connectivity index (χ1) is 12.0. The summed E-state index contributed by atoms with van der Waals surface area (Å²) >= 11 is 0. The fourth-order valence-electron chi connectivity index (χ4n) is 2.78. The molecule has 0 saturated carbocycles. The number of likely N-dealkylation sites (N-methyl/N-ethyl adjacent to an activating group) is 1. The van der Waals surface area contributed by atoms with Gasteiger partial charge in [-0.3, -0.25) is 9.69 Å². The van der Waals surface area contributed by atoms with Gasteiger partial charge in [-0.2, -0.15) is 0 Å². The van der Waals surface area contributed by atoms with Gasteiger partial charge in [0.05, 0.1) is 6.04 Å². The summed E-state index contributed by atoms with van der Waals surface area (Å²) in [6.45, 7) is 2.50. The zero-order valence-corrected chi connectivity index (χ0v) is 14.4. The summed E-state index contributed by atoms with van der Waals surface area (Å²) in [5.41, 5.74) is 1.61. The first-order valence-electron chi connectivity index (χ1n) is 8.27. The maximum Gasteiger partial charge on any atom is 0.241 e. The van der Waals surface area contributed by atoms with E-state index in [4.69, 9.17) is 0 Å². The quantitative estimate of drug-likeness (QED) is 0.747. The Labute approximate surface area is 147 Å². The van der Waals surface area contributed by atoms with Crippen molar-refractivity contribution in [3.8, 4) is 0 Å². The molecule has 128 valence electrons. The maximum atomic E-state index is 13.2. The van der Waals surface area contributed by atoms with Gasteiger partial charge in [0, 0.05) is 12.2 Å². The van der Waals surface area contributed by atoms with Crippen LogP contribution in [0.5, 0.6) is 0 Å². The zero-order valence-electron chi connectivity index (χ0n) is 14.4. The predicted molar refractivity (Wildman–Crippen MR) is 99.9 cm³/mol. The van der Waals surface area contributed by atoms with Crippen LogP contribution >= 0.6 is 0 Å². The average molecular weight is 336 g/mol. The normalized spacial score (nSPS) is 12.3. The van der Waals surface area contributed by atoms with Crippen LogP contribution in [0.1, 0.15) is 12.5 Å². The number of hydrogen-bond acceptors (Lipinski definition) is 2. The number of hydrogen-bond donors (Lipinski definition) is 1. The molecule has 1 amide bonds. The number of carbonyl (C=O) groups excluding carboxylic acids is 1. The second-order valence-corrected chi connectivity index (χ2v) is 6.27. The van der Waals surface area contributed by atoms with Crippen LogP contribution in [-0.2, 0) is 11.3 Å². The van der Waals surface area contributed by atoms with Crippen LogP contribution < -0.4 is 5.32 Å². The van der Waals surface area contributed by atoms with E-state index >= 15 is 0 Å². The van der Waals surface area contributed by atoms with Crippen LogP contribution in [0.3, 0.4) is 0 Å². The lowest BCUT2D eigenvalue weighted by Crippen LogP contribution is -2.39. The lowest BCUT2D eigenvalue weighted by atomic mass is 10.1. The van der Waals surface area contributed by atoms with Gasteiger partial charge in [0.25, 0.3) is 0 Å². The van der Waals surface area contributed by atoms with Gasteiger partial charge < -0.3 is 5.32 Å². The van der Waals surface area contributed by atoms with E-state index in [-0.39, 0.29) is 17.8 Å². The minimum Gasteiger partial charge on any atom is -0.325 e. The molecule has 0 aliphatic rings. The molecule has 0 radical (unpaired) electrons. The molecule has 0 fully saturated rings. The summed E-state index contributed by atoms with van der Waals surface area (Å²) in [6, 6.07) is 20.1. The minimum absolute atomic E-state index is 0.158. The summed E-state index contributed by atoms with van der Waals surface area (Å²) < 4.78 is 13.2. The fraction of sp³-hybridized carbons (Fsp3) is 0.190. The van der Waals surface area contributed by atoms with Gasteiger partial charge in [0.15, 0.2) is 0 Å². The third kappa shape index (κ3) is 4.22. The molecule has 3 aromatic carbocycles. The summed E-state index contributed by atoms with van der Waals surface area (Å²) in [7, 11) is 1.91. The summed E-state index contributed by atoms with van der Waals surface area (Å²) in [4.78, 5) is 14.4. The van der Waals surface area contributed by atoms with Crippen molar-refractivity contribution in [1.82, 2.24) is 4.90 Å². The highest BCUT2D eigenvalue weighted by Crippen LogP contribution is 2.17. The fourth-order valence-corrected chi connectivity index (χ4v) is 2.78. The number of benzene rings is 3. The predicted octanol–water partition coefficient (Wildman–Crippen LogP) is 4.44. The highest BCUT2D eigenvalue weighted by atomic mass is 19.1. The van der Waals surface area contributed by atoms with Crippen LogP contribution in [0, 0.1) is 5.82 Å². The van der Waals surface area contributed by atoms with Crippen LogP contribution in [-0.4, -0.2) is 23.9 Å². The van der Waals surface area contributed by atoms with Crippen molar-refractivity contribution in [3.05, 3.63) is 78.1 Å². The molecular formula is C21H21FN2O. The molecular weight excluding hydrogens is 315 g/mol. The van der Waals surface area contributed by atoms with Gasteiger partial charge >= 0.3 is 0 Å². The van der Waals surface area contributed by atoms with Gasteiger partial charge in [-0.15, -0.1) is 0 Å². The number of anilines is 1. The Bertz CT molecular complexity index is 894. The van der Waals surface area contributed by atoms with Crippen molar-refractivity contribution < 1.29 is 9.18 Å². The maximum absolute atomic E-state index is 13.2. The van der Waals surface area contributed by atoms with Crippen molar-refractivity contribution in [2.45, 2.75) is 19.5 Å². The standard InChI is InChI=1S/C21H21FN2O/c1-15(21(25)23-20-9-5-8-19(22)13-20)24(2)14-16-10-11-17-6-3-4-7-18(17)12-16/h3-13,15H,14H2,1-2H3,(H,23,25). The molecule has 0 heterocycles. The zero-order chi connectivity index (χ0) is 17.8. The monoisotopic (exact) mass is 336 g/mol. The van der Waals surface area contributed by atoms with Gasteiger partial charge in [-0.05, 0) is 54.6 Å². The Kier molecular flexibility index (Phi) is 5.10. The van der Waals surface area contributed by atoms with Crippen molar-refractivity contribution in [2.75, 3.05) is 12.4 Å². The molecule has 0 saturated heterocycles. The Hall–Kier alpha value is -2.72. The van der Waals surface area contributed by atoms with Crippen molar-refractivity contribution >= 4 is 22.4 Å². The van der Waals surface area contributed by atoms with Crippen LogP contribution in [0.25, 0.3) is 10.8 Å². The number of amides is 1. The number of rotatable bonds is 5. The third-order valence-corrected chi connectivity index (χ3v) is 4.38. The van der Waals surface area contributed by atoms with E-state index in [2.05, 4.69) is 35.6 Å². The first-order valence-corrected chi connectivity index (χ1v) is 8.27. The van der Waals surface area contributed by atoms with Crippen LogP contribution in [0.2, 0.25) is 0 Å². The highest BCUT2D eigenvalue weighted by molar-refractivity contribution is 5.94. The number of carbonyl (C=O) groups is 1. The molecule has 25 heavy (non-hydrogen) atoms. The van der Waals surface area contributed by atoms with E-state index in [0.717, 1.165) is 5.56 Å². The molecule has 3 rings (SSSR count). The molecule has 0 spiro atoms. The van der Waals surface area contributed by atoms with E-state index in [0.29, 0.717) is 12.2 Å². The largest absolute Gasteiger partial charge is 0.325 e. The number of nitrogens with one attached hydrogen (secondary N) is 1. The number of fused-ring (bicyclic) bond motifs is 1.